The third-order valence-corrected chi connectivity index (χ3v) is 2.57. The van der Waals surface area contributed by atoms with E-state index in [-0.39, 0.29) is 13.0 Å². The Morgan fingerprint density at radius 1 is 1.50 bits per heavy atom. The topological polar surface area (TPSA) is 88.8 Å². The summed E-state index contributed by atoms with van der Waals surface area (Å²) in [6, 6.07) is 1.47. The molecule has 1 aromatic heterocycles. The number of aliphatic carboxylic acids is 1. The number of hydrogen-bond donors (Lipinski definition) is 2. The Morgan fingerprint density at radius 2 is 2.31 bits per heavy atom. The standard InChI is InChI=1S/C10H11NO5/c12-8(7-1-3-15-5-7)11-10(9(13)14)2-4-16-6-10/h1,3,5H,2,4,6H2,(H,11,12)(H,13,14). The lowest BCUT2D eigenvalue weighted by molar-refractivity contribution is -0.144. The van der Waals surface area contributed by atoms with Gasteiger partial charge in [0.25, 0.3) is 5.91 Å². The summed E-state index contributed by atoms with van der Waals surface area (Å²) < 4.78 is 9.78. The Balaban J connectivity index is 2.13. The first-order valence-electron chi connectivity index (χ1n) is 4.80. The monoisotopic (exact) mass is 225 g/mol. The highest BCUT2D eigenvalue weighted by Crippen LogP contribution is 2.19. The lowest BCUT2D eigenvalue weighted by atomic mass is 9.98. The van der Waals surface area contributed by atoms with Crippen molar-refractivity contribution in [3.8, 4) is 0 Å². The molecule has 1 aliphatic rings. The molecule has 2 N–H and O–H groups in total. The number of carbonyl (C=O) groups is 2. The average molecular weight is 225 g/mol. The smallest absolute Gasteiger partial charge is 0.331 e. The van der Waals surface area contributed by atoms with Crippen LogP contribution in [0.15, 0.2) is 23.0 Å². The van der Waals surface area contributed by atoms with Crippen molar-refractivity contribution in [1.29, 1.82) is 0 Å². The van der Waals surface area contributed by atoms with Gasteiger partial charge in [0.1, 0.15) is 6.26 Å². The van der Waals surface area contributed by atoms with Crippen molar-refractivity contribution < 1.29 is 23.8 Å². The van der Waals surface area contributed by atoms with Gasteiger partial charge in [-0.05, 0) is 6.07 Å². The Labute approximate surface area is 91.2 Å². The van der Waals surface area contributed by atoms with Gasteiger partial charge in [-0.15, -0.1) is 0 Å². The second-order valence-corrected chi connectivity index (χ2v) is 3.66. The van der Waals surface area contributed by atoms with Gasteiger partial charge in [0.05, 0.1) is 18.4 Å². The largest absolute Gasteiger partial charge is 0.479 e. The van der Waals surface area contributed by atoms with Crippen molar-refractivity contribution in [2.45, 2.75) is 12.0 Å². The predicted octanol–water partition coefficient (Wildman–Crippen LogP) is 0.253. The van der Waals surface area contributed by atoms with E-state index in [1.54, 1.807) is 0 Å². The fourth-order valence-electron chi connectivity index (χ4n) is 1.57. The number of carboxylic acid groups (broad SMARTS) is 1. The van der Waals surface area contributed by atoms with Crippen LogP contribution in [-0.2, 0) is 9.53 Å². The molecule has 2 rings (SSSR count). The third kappa shape index (κ3) is 1.79. The number of carboxylic acids is 1. The number of nitrogens with one attached hydrogen (secondary N) is 1. The summed E-state index contributed by atoms with van der Waals surface area (Å²) in [6.07, 6.45) is 2.89. The van der Waals surface area contributed by atoms with E-state index in [1.165, 1.54) is 18.6 Å². The quantitative estimate of drug-likeness (QED) is 0.769. The molecule has 0 radical (unpaired) electrons. The highest BCUT2D eigenvalue weighted by Gasteiger charge is 2.44. The molecule has 0 aromatic carbocycles. The van der Waals surface area contributed by atoms with Crippen molar-refractivity contribution in [3.05, 3.63) is 24.2 Å². The molecule has 1 atom stereocenters. The zero-order chi connectivity index (χ0) is 11.6. The molecule has 0 aliphatic carbocycles. The zero-order valence-corrected chi connectivity index (χ0v) is 8.43. The van der Waals surface area contributed by atoms with Crippen LogP contribution in [0, 0.1) is 0 Å². The summed E-state index contributed by atoms with van der Waals surface area (Å²) in [6.45, 7) is 0.323. The van der Waals surface area contributed by atoms with Crippen LogP contribution in [0.25, 0.3) is 0 Å². The van der Waals surface area contributed by atoms with Gasteiger partial charge in [-0.25, -0.2) is 4.79 Å². The first kappa shape index (κ1) is 10.7. The molecule has 1 fully saturated rings. The number of ether oxygens (including phenoxy) is 1. The highest BCUT2D eigenvalue weighted by atomic mass is 16.5. The average Bonchev–Trinajstić information content (AvgIpc) is 2.88. The summed E-state index contributed by atoms with van der Waals surface area (Å²) in [7, 11) is 0. The van der Waals surface area contributed by atoms with Crippen LogP contribution >= 0.6 is 0 Å². The number of amides is 1. The van der Waals surface area contributed by atoms with Crippen LogP contribution in [0.3, 0.4) is 0 Å². The highest BCUT2D eigenvalue weighted by molar-refractivity contribution is 5.97. The Morgan fingerprint density at radius 3 is 2.81 bits per heavy atom. The van der Waals surface area contributed by atoms with E-state index < -0.39 is 17.4 Å². The molecule has 1 amide bonds. The molecule has 1 aliphatic heterocycles. The summed E-state index contributed by atoms with van der Waals surface area (Å²) in [5, 5.41) is 11.6. The van der Waals surface area contributed by atoms with Gasteiger partial charge in [0.15, 0.2) is 5.54 Å². The molecule has 6 heteroatoms. The van der Waals surface area contributed by atoms with Crippen molar-refractivity contribution in [2.75, 3.05) is 13.2 Å². The molecule has 16 heavy (non-hydrogen) atoms. The van der Waals surface area contributed by atoms with Crippen LogP contribution in [0.1, 0.15) is 16.8 Å². The minimum atomic E-state index is -1.31. The molecule has 2 heterocycles. The van der Waals surface area contributed by atoms with Gasteiger partial charge in [0, 0.05) is 13.0 Å². The molecule has 86 valence electrons. The van der Waals surface area contributed by atoms with E-state index in [9.17, 15) is 9.59 Å². The fraction of sp³-hybridized carbons (Fsp3) is 0.400. The summed E-state index contributed by atoms with van der Waals surface area (Å²) in [4.78, 5) is 22.8. The predicted molar refractivity (Wildman–Crippen MR) is 52.0 cm³/mol. The first-order valence-corrected chi connectivity index (χ1v) is 4.80. The van der Waals surface area contributed by atoms with Crippen molar-refractivity contribution in [3.63, 3.8) is 0 Å². The lowest BCUT2D eigenvalue weighted by Gasteiger charge is -2.23. The van der Waals surface area contributed by atoms with Crippen molar-refractivity contribution in [1.82, 2.24) is 5.32 Å². The Kier molecular flexibility index (Phi) is 2.66. The fourth-order valence-corrected chi connectivity index (χ4v) is 1.57. The number of carbonyl (C=O) groups excluding carboxylic acids is 1. The van der Waals surface area contributed by atoms with Crippen molar-refractivity contribution >= 4 is 11.9 Å². The summed E-state index contributed by atoms with van der Waals surface area (Å²) in [5.41, 5.74) is -1.01. The van der Waals surface area contributed by atoms with E-state index in [0.29, 0.717) is 12.2 Å². The van der Waals surface area contributed by atoms with Gasteiger partial charge in [-0.1, -0.05) is 0 Å². The number of hydrogen-bond acceptors (Lipinski definition) is 4. The Bertz CT molecular complexity index is 391. The molecular weight excluding hydrogens is 214 g/mol. The van der Waals surface area contributed by atoms with Crippen LogP contribution in [0.5, 0.6) is 0 Å². The Hall–Kier alpha value is -1.82. The van der Waals surface area contributed by atoms with E-state index in [4.69, 9.17) is 14.3 Å². The van der Waals surface area contributed by atoms with Crippen LogP contribution in [0.4, 0.5) is 0 Å². The maximum atomic E-state index is 11.7. The van der Waals surface area contributed by atoms with Crippen molar-refractivity contribution in [2.24, 2.45) is 0 Å². The molecular formula is C10H11NO5. The van der Waals surface area contributed by atoms with E-state index in [2.05, 4.69) is 5.32 Å². The zero-order valence-electron chi connectivity index (χ0n) is 8.43. The van der Waals surface area contributed by atoms with Gasteiger partial charge >= 0.3 is 5.97 Å². The lowest BCUT2D eigenvalue weighted by Crippen LogP contribution is -2.55. The molecule has 1 aromatic rings. The van der Waals surface area contributed by atoms with Gasteiger partial charge < -0.3 is 19.6 Å². The van der Waals surface area contributed by atoms with Gasteiger partial charge in [0.2, 0.25) is 0 Å². The molecule has 1 saturated heterocycles. The maximum absolute atomic E-state index is 11.7. The molecule has 0 spiro atoms. The van der Waals surface area contributed by atoms with Gasteiger partial charge in [-0.2, -0.15) is 0 Å². The number of rotatable bonds is 3. The molecule has 1 unspecified atom stereocenters. The second kappa shape index (κ2) is 3.97. The minimum absolute atomic E-state index is 0.00801. The van der Waals surface area contributed by atoms with Gasteiger partial charge in [-0.3, -0.25) is 4.79 Å². The first-order chi connectivity index (χ1) is 7.64. The van der Waals surface area contributed by atoms with E-state index >= 15 is 0 Å². The summed E-state index contributed by atoms with van der Waals surface area (Å²) in [5.74, 6) is -1.55. The summed E-state index contributed by atoms with van der Waals surface area (Å²) >= 11 is 0. The SMILES string of the molecule is O=C(NC1(C(=O)O)CCOC1)c1ccoc1. The van der Waals surface area contributed by atoms with Crippen LogP contribution in [0.2, 0.25) is 0 Å². The number of furan rings is 1. The van der Waals surface area contributed by atoms with Crippen LogP contribution < -0.4 is 5.32 Å². The molecule has 6 nitrogen and oxygen atoms in total. The normalized spacial score (nSPS) is 24.2. The maximum Gasteiger partial charge on any atom is 0.331 e. The minimum Gasteiger partial charge on any atom is -0.479 e. The molecule has 0 bridgehead atoms. The van der Waals surface area contributed by atoms with E-state index in [1.807, 2.05) is 0 Å². The second-order valence-electron chi connectivity index (χ2n) is 3.66. The molecule has 0 saturated carbocycles. The van der Waals surface area contributed by atoms with Crippen LogP contribution in [-0.4, -0.2) is 35.7 Å². The third-order valence-electron chi connectivity index (χ3n) is 2.57. The van der Waals surface area contributed by atoms with E-state index in [0.717, 1.165) is 0 Å².